The maximum absolute atomic E-state index is 13.4. The van der Waals surface area contributed by atoms with Crippen molar-refractivity contribution < 1.29 is 9.59 Å². The molecule has 4 saturated carbocycles. The smallest absolute Gasteiger partial charge is 0.159 e. The van der Waals surface area contributed by atoms with Gasteiger partial charge in [0.2, 0.25) is 0 Å². The molecule has 1 aromatic carbocycles. The van der Waals surface area contributed by atoms with E-state index in [4.69, 9.17) is 0 Å². The van der Waals surface area contributed by atoms with Crippen molar-refractivity contribution in [3.63, 3.8) is 0 Å². The third-order valence-electron chi connectivity index (χ3n) is 14.9. The van der Waals surface area contributed by atoms with Gasteiger partial charge in [0, 0.05) is 11.0 Å². The molecule has 0 spiro atoms. The fourth-order valence-electron chi connectivity index (χ4n) is 12.7. The summed E-state index contributed by atoms with van der Waals surface area (Å²) in [6, 6.07) is 8.37. The normalized spacial score (nSPS) is 44.5. The maximum Gasteiger partial charge on any atom is 0.159 e. The number of ketones is 2. The number of allylic oxidation sites excluding steroid dienone is 3. The van der Waals surface area contributed by atoms with Crippen molar-refractivity contribution in [2.75, 3.05) is 0 Å². The molecule has 0 saturated heterocycles. The van der Waals surface area contributed by atoms with Gasteiger partial charge in [0.1, 0.15) is 5.78 Å². The lowest BCUT2D eigenvalue weighted by molar-refractivity contribution is -0.224. The average molecular weight is 555 g/mol. The van der Waals surface area contributed by atoms with Crippen molar-refractivity contribution in [1.82, 2.24) is 0 Å². The average Bonchev–Trinajstić information content (AvgIpc) is 3.30. The Hall–Kier alpha value is -1.96. The van der Waals surface area contributed by atoms with Crippen LogP contribution in [0.25, 0.3) is 5.57 Å². The lowest BCUT2D eigenvalue weighted by Crippen LogP contribution is -2.65. The van der Waals surface area contributed by atoms with Gasteiger partial charge in [-0.15, -0.1) is 0 Å². The molecule has 0 heterocycles. The second kappa shape index (κ2) is 9.27. The molecule has 2 nitrogen and oxygen atoms in total. The molecule has 4 fully saturated rings. The summed E-state index contributed by atoms with van der Waals surface area (Å²) in [5.41, 5.74) is 5.66. The van der Waals surface area contributed by atoms with Gasteiger partial charge in [-0.3, -0.25) is 9.59 Å². The number of Topliss-reactive ketones (excluding diaryl/α,β-unsaturated/α-hetero) is 2. The summed E-state index contributed by atoms with van der Waals surface area (Å²) in [5, 5.41) is 0. The Morgan fingerprint density at radius 1 is 0.780 bits per heavy atom. The molecule has 5 aliphatic rings. The molecule has 41 heavy (non-hydrogen) atoms. The molecule has 1 aromatic rings. The van der Waals surface area contributed by atoms with Crippen LogP contribution in [0.5, 0.6) is 0 Å². The summed E-state index contributed by atoms with van der Waals surface area (Å²) >= 11 is 0. The highest BCUT2D eigenvalue weighted by atomic mass is 16.1. The molecule has 0 aliphatic heterocycles. The van der Waals surface area contributed by atoms with Crippen LogP contribution >= 0.6 is 0 Å². The lowest BCUT2D eigenvalue weighted by atomic mass is 9.32. The zero-order valence-electron chi connectivity index (χ0n) is 27.2. The van der Waals surface area contributed by atoms with Crippen molar-refractivity contribution in [3.05, 3.63) is 53.6 Å². The molecule has 222 valence electrons. The molecular formula is C39H54O2. The molecule has 0 bridgehead atoms. The number of carbonyl (C=O) groups excluding carboxylic acids is 2. The summed E-state index contributed by atoms with van der Waals surface area (Å²) < 4.78 is 0. The Bertz CT molecular complexity index is 1310. The first-order valence-corrected chi connectivity index (χ1v) is 16.6. The van der Waals surface area contributed by atoms with E-state index in [0.717, 1.165) is 31.2 Å². The van der Waals surface area contributed by atoms with Gasteiger partial charge in [0.15, 0.2) is 5.78 Å². The number of benzene rings is 1. The number of fused-ring (bicyclic) bond motifs is 7. The predicted octanol–water partition coefficient (Wildman–Crippen LogP) is 10.1. The Morgan fingerprint density at radius 3 is 2.07 bits per heavy atom. The number of hydrogen-bond acceptors (Lipinski definition) is 2. The monoisotopic (exact) mass is 554 g/mol. The van der Waals surface area contributed by atoms with E-state index >= 15 is 0 Å². The molecule has 0 radical (unpaired) electrons. The Balaban J connectivity index is 1.37. The van der Waals surface area contributed by atoms with E-state index in [0.29, 0.717) is 35.4 Å². The molecule has 5 aliphatic carbocycles. The van der Waals surface area contributed by atoms with Gasteiger partial charge >= 0.3 is 0 Å². The number of rotatable bonds is 4. The number of carbonyl (C=O) groups is 2. The largest absolute Gasteiger partial charge is 0.299 e. The van der Waals surface area contributed by atoms with Gasteiger partial charge < -0.3 is 0 Å². The Kier molecular flexibility index (Phi) is 6.58. The van der Waals surface area contributed by atoms with Gasteiger partial charge in [-0.1, -0.05) is 77.1 Å². The first-order valence-electron chi connectivity index (χ1n) is 16.6. The van der Waals surface area contributed by atoms with E-state index in [1.165, 1.54) is 48.8 Å². The highest BCUT2D eigenvalue weighted by Crippen LogP contribution is 2.77. The molecule has 0 N–H and O–H groups in total. The summed E-state index contributed by atoms with van der Waals surface area (Å²) in [5.74, 6) is 3.52. The first-order chi connectivity index (χ1) is 19.1. The minimum Gasteiger partial charge on any atom is -0.299 e. The fourth-order valence-corrected chi connectivity index (χ4v) is 12.7. The third-order valence-corrected chi connectivity index (χ3v) is 14.9. The lowest BCUT2D eigenvalue weighted by Gasteiger charge is -2.72. The van der Waals surface area contributed by atoms with Gasteiger partial charge in [0.25, 0.3) is 0 Å². The van der Waals surface area contributed by atoms with Gasteiger partial charge in [-0.2, -0.15) is 0 Å². The second-order valence-corrected chi connectivity index (χ2v) is 16.6. The highest BCUT2D eigenvalue weighted by molar-refractivity contribution is 5.94. The van der Waals surface area contributed by atoms with Crippen LogP contribution in [0.15, 0.2) is 42.5 Å². The first kappa shape index (κ1) is 29.1. The van der Waals surface area contributed by atoms with Crippen LogP contribution in [0, 0.1) is 56.7 Å². The van der Waals surface area contributed by atoms with Crippen LogP contribution in [-0.4, -0.2) is 11.6 Å². The summed E-state index contributed by atoms with van der Waals surface area (Å²) in [6.45, 7) is 23.2. The maximum atomic E-state index is 13.4. The molecule has 9 atom stereocenters. The van der Waals surface area contributed by atoms with E-state index in [-0.39, 0.29) is 32.9 Å². The van der Waals surface area contributed by atoms with E-state index in [1.54, 1.807) is 6.92 Å². The van der Waals surface area contributed by atoms with Gasteiger partial charge in [-0.25, -0.2) is 0 Å². The van der Waals surface area contributed by atoms with Crippen LogP contribution in [0.1, 0.15) is 129 Å². The standard InChI is InChI=1S/C39H54O2/c1-24(2)29-16-21-39(26(4)41)23-22-37(8)31(34(29)39)14-15-33-36(7)19-17-30(28-12-10-27(11-13-28)25(3)40)35(5,6)32(36)18-20-38(33,37)9/h10-13,17,29,31-34H,1,14-16,18-23H2,2-9H3/t29-,31+,32-,33+,34+,36-,37+,38+,39+/m0/s1. The second-order valence-electron chi connectivity index (χ2n) is 16.6. The SMILES string of the molecule is C=C(C)[C@@H]1CC[C@]2(C(C)=O)CC[C@]3(C)[C@H](CC[C@@H]4[C@@]5(C)CC=C(c6ccc(C(C)=O)cc6)C(C)(C)[C@@H]5CC[C@]43C)[C@@H]12. The van der Waals surface area contributed by atoms with Crippen LogP contribution < -0.4 is 0 Å². The van der Waals surface area contributed by atoms with Gasteiger partial charge in [-0.05, 0) is 141 Å². The van der Waals surface area contributed by atoms with E-state index in [1.807, 2.05) is 19.1 Å². The summed E-state index contributed by atoms with van der Waals surface area (Å²) in [7, 11) is 0. The van der Waals surface area contributed by atoms with Crippen LogP contribution in [0.2, 0.25) is 0 Å². The zero-order valence-corrected chi connectivity index (χ0v) is 27.2. The third kappa shape index (κ3) is 3.73. The van der Waals surface area contributed by atoms with Crippen LogP contribution in [-0.2, 0) is 4.79 Å². The summed E-state index contributed by atoms with van der Waals surface area (Å²) in [6.07, 6.45) is 13.4. The van der Waals surface area contributed by atoms with E-state index < -0.39 is 0 Å². The quantitative estimate of drug-likeness (QED) is 0.274. The minimum atomic E-state index is -0.111. The van der Waals surface area contributed by atoms with Gasteiger partial charge in [0.05, 0.1) is 0 Å². The van der Waals surface area contributed by atoms with E-state index in [2.05, 4.69) is 66.3 Å². The van der Waals surface area contributed by atoms with Crippen molar-refractivity contribution in [2.24, 2.45) is 56.7 Å². The van der Waals surface area contributed by atoms with E-state index in [9.17, 15) is 9.59 Å². The van der Waals surface area contributed by atoms with Crippen molar-refractivity contribution in [2.45, 2.75) is 113 Å². The Labute approximate surface area is 249 Å². The van der Waals surface area contributed by atoms with Crippen LogP contribution in [0.4, 0.5) is 0 Å². The molecule has 2 heteroatoms. The molecule has 0 aromatic heterocycles. The molecular weight excluding hydrogens is 500 g/mol. The number of hydrogen-bond donors (Lipinski definition) is 0. The Morgan fingerprint density at radius 2 is 1.46 bits per heavy atom. The highest BCUT2D eigenvalue weighted by Gasteiger charge is 2.71. The molecule has 6 rings (SSSR count). The molecule has 0 unspecified atom stereocenters. The summed E-state index contributed by atoms with van der Waals surface area (Å²) in [4.78, 5) is 25.3. The minimum absolute atomic E-state index is 0.0800. The topological polar surface area (TPSA) is 34.1 Å². The van der Waals surface area contributed by atoms with Crippen molar-refractivity contribution >= 4 is 17.1 Å². The molecule has 0 amide bonds. The predicted molar refractivity (Wildman–Crippen MR) is 169 cm³/mol. The van der Waals surface area contributed by atoms with Crippen molar-refractivity contribution in [3.8, 4) is 0 Å². The van der Waals surface area contributed by atoms with Crippen molar-refractivity contribution in [1.29, 1.82) is 0 Å². The zero-order chi connectivity index (χ0) is 29.8. The van der Waals surface area contributed by atoms with Crippen LogP contribution in [0.3, 0.4) is 0 Å². The fraction of sp³-hybridized carbons (Fsp3) is 0.692.